The Morgan fingerprint density at radius 1 is 1.39 bits per heavy atom. The molecule has 0 spiro atoms. The molecular weight excluding hydrogens is 270 g/mol. The molecule has 0 heterocycles. The predicted octanol–water partition coefficient (Wildman–Crippen LogP) is 1.29. The summed E-state index contributed by atoms with van der Waals surface area (Å²) in [6, 6.07) is 0. The van der Waals surface area contributed by atoms with Crippen molar-refractivity contribution in [3.05, 3.63) is 23.8 Å². The average molecular weight is 282 g/mol. The van der Waals surface area contributed by atoms with Crippen LogP contribution in [0.5, 0.6) is 0 Å². The van der Waals surface area contributed by atoms with E-state index in [0.29, 0.717) is 11.3 Å². The second-order valence-corrected chi connectivity index (χ2v) is 4.65. The average Bonchev–Trinajstić information content (AvgIpc) is 2.36. The normalized spacial score (nSPS) is 17.7. The molecule has 94 valence electrons. The van der Waals surface area contributed by atoms with Crippen molar-refractivity contribution < 1.29 is 18.9 Å². The van der Waals surface area contributed by atoms with Crippen molar-refractivity contribution in [3.8, 4) is 0 Å². The minimum absolute atomic E-state index is 0.218. The highest BCUT2D eigenvalue weighted by molar-refractivity contribution is 7.81. The molecule has 0 radical (unpaired) electrons. The van der Waals surface area contributed by atoms with Crippen LogP contribution < -0.4 is 0 Å². The van der Waals surface area contributed by atoms with Gasteiger partial charge in [-0.2, -0.15) is 0 Å². The number of imide groups is 3. The van der Waals surface area contributed by atoms with Gasteiger partial charge >= 0.3 is 17.7 Å². The van der Waals surface area contributed by atoms with E-state index in [2.05, 4.69) is 12.2 Å². The molecule has 0 N–H and O–H groups in total. The van der Waals surface area contributed by atoms with Gasteiger partial charge < -0.3 is 0 Å². The van der Waals surface area contributed by atoms with Gasteiger partial charge in [-0.05, 0) is 6.08 Å². The van der Waals surface area contributed by atoms with E-state index in [1.807, 2.05) is 0 Å². The number of carbonyl (C=O) groups is 3. The predicted molar refractivity (Wildman–Crippen MR) is 75.0 cm³/mol. The molecule has 0 saturated heterocycles. The maximum atomic E-state index is 12.3. The van der Waals surface area contributed by atoms with Crippen LogP contribution in [-0.2, 0) is 14.4 Å². The van der Waals surface area contributed by atoms with Gasteiger partial charge in [0.05, 0.1) is 19.5 Å². The second kappa shape index (κ2) is 5.51. The number of quaternary nitrogens is 1. The van der Waals surface area contributed by atoms with Gasteiger partial charge in [0, 0.05) is 11.3 Å². The first-order valence-electron chi connectivity index (χ1n) is 5.18. The molecule has 0 aromatic heterocycles. The molecule has 3 amide bonds. The van der Waals surface area contributed by atoms with Crippen molar-refractivity contribution in [2.45, 2.75) is 13.3 Å². The van der Waals surface area contributed by atoms with Crippen LogP contribution in [0.1, 0.15) is 13.3 Å². The molecule has 1 atom stereocenters. The minimum atomic E-state index is -1.01. The van der Waals surface area contributed by atoms with Crippen molar-refractivity contribution in [3.63, 3.8) is 0 Å². The highest BCUT2D eigenvalue weighted by Crippen LogP contribution is 2.18. The minimum Gasteiger partial charge on any atom is -0.230 e. The molecule has 1 aliphatic carbocycles. The van der Waals surface area contributed by atoms with E-state index in [4.69, 9.17) is 12.2 Å². The van der Waals surface area contributed by atoms with Gasteiger partial charge in [-0.3, -0.25) is 0 Å². The second-order valence-electron chi connectivity index (χ2n) is 3.92. The van der Waals surface area contributed by atoms with E-state index in [1.165, 1.54) is 20.0 Å². The van der Waals surface area contributed by atoms with E-state index in [0.717, 1.165) is 5.37 Å². The number of hydrogen-bond donors (Lipinski definition) is 0. The monoisotopic (exact) mass is 282 g/mol. The lowest BCUT2D eigenvalue weighted by atomic mass is 10.0. The lowest BCUT2D eigenvalue weighted by Crippen LogP contribution is -2.58. The standard InChI is InChI=1S/C12H12NO3S2/c1-8(14)13(2,11(15)7-17)12(16)9-5-3-4-6-10(9)18/h3-5,7H,6H2,1-2H3/q+1. The highest BCUT2D eigenvalue weighted by Gasteiger charge is 2.46. The lowest BCUT2D eigenvalue weighted by Gasteiger charge is -2.24. The molecule has 0 saturated carbocycles. The molecule has 0 aliphatic heterocycles. The lowest BCUT2D eigenvalue weighted by molar-refractivity contribution is -0.671. The van der Waals surface area contributed by atoms with Gasteiger partial charge in [0.2, 0.25) is 0 Å². The summed E-state index contributed by atoms with van der Waals surface area (Å²) in [6.07, 6.45) is 5.45. The Balaban J connectivity index is 3.28. The largest absolute Gasteiger partial charge is 0.364 e. The van der Waals surface area contributed by atoms with Crippen LogP contribution in [-0.4, -0.2) is 39.5 Å². The van der Waals surface area contributed by atoms with E-state index in [1.54, 1.807) is 12.2 Å². The zero-order valence-corrected chi connectivity index (χ0v) is 11.6. The number of allylic oxidation sites excluding steroid dienone is 3. The Bertz CT molecular complexity index is 519. The maximum Gasteiger partial charge on any atom is 0.364 e. The topological polar surface area (TPSA) is 51.2 Å². The van der Waals surface area contributed by atoms with Crippen LogP contribution in [0, 0.1) is 0 Å². The zero-order chi connectivity index (χ0) is 13.9. The van der Waals surface area contributed by atoms with Crippen molar-refractivity contribution >= 4 is 52.4 Å². The quantitative estimate of drug-likeness (QED) is 0.564. The van der Waals surface area contributed by atoms with Crippen LogP contribution in [0.2, 0.25) is 0 Å². The maximum absolute atomic E-state index is 12.3. The number of hydrogen-bond acceptors (Lipinski definition) is 5. The van der Waals surface area contributed by atoms with Crippen molar-refractivity contribution in [1.82, 2.24) is 0 Å². The Morgan fingerprint density at radius 3 is 2.44 bits per heavy atom. The summed E-state index contributed by atoms with van der Waals surface area (Å²) in [7, 11) is 1.23. The summed E-state index contributed by atoms with van der Waals surface area (Å²) in [5, 5.41) is 0.807. The molecule has 1 rings (SSSR count). The Hall–Kier alpha value is -1.37. The van der Waals surface area contributed by atoms with E-state index in [-0.39, 0.29) is 5.57 Å². The van der Waals surface area contributed by atoms with Crippen LogP contribution in [0.15, 0.2) is 23.8 Å². The number of amides is 3. The zero-order valence-electron chi connectivity index (χ0n) is 10.0. The summed E-state index contributed by atoms with van der Waals surface area (Å²) in [5.74, 6) is -1.96. The highest BCUT2D eigenvalue weighted by atomic mass is 32.1. The summed E-state index contributed by atoms with van der Waals surface area (Å²) in [6.45, 7) is 1.18. The van der Waals surface area contributed by atoms with Gasteiger partial charge in [0.25, 0.3) is 0 Å². The first kappa shape index (κ1) is 14.7. The fraction of sp³-hybridized carbons (Fsp3) is 0.250. The third-order valence-corrected chi connectivity index (χ3v) is 3.40. The number of thiocarbonyl (C=S) groups is 2. The van der Waals surface area contributed by atoms with Crippen molar-refractivity contribution in [1.29, 1.82) is 0 Å². The Labute approximate surface area is 116 Å². The van der Waals surface area contributed by atoms with Crippen molar-refractivity contribution in [2.24, 2.45) is 0 Å². The van der Waals surface area contributed by atoms with Gasteiger partial charge in [-0.25, -0.2) is 14.4 Å². The van der Waals surface area contributed by atoms with Gasteiger partial charge in [0.15, 0.2) is 0 Å². The van der Waals surface area contributed by atoms with E-state index < -0.39 is 22.2 Å². The molecule has 4 nitrogen and oxygen atoms in total. The third kappa shape index (κ3) is 2.40. The first-order valence-corrected chi connectivity index (χ1v) is 6.06. The first-order chi connectivity index (χ1) is 8.35. The van der Waals surface area contributed by atoms with Gasteiger partial charge in [-0.1, -0.05) is 36.6 Å². The van der Waals surface area contributed by atoms with Crippen LogP contribution in [0.25, 0.3) is 0 Å². The Morgan fingerprint density at radius 2 is 2.00 bits per heavy atom. The van der Waals surface area contributed by atoms with Crippen LogP contribution in [0.4, 0.5) is 0 Å². The molecule has 0 fully saturated rings. The summed E-state index contributed by atoms with van der Waals surface area (Å²) in [5.41, 5.74) is 0.218. The van der Waals surface area contributed by atoms with E-state index in [9.17, 15) is 14.4 Å². The summed E-state index contributed by atoms with van der Waals surface area (Å²) >= 11 is 9.60. The SMILES string of the molecule is CC(=O)[N+](C)(C(=O)C=S)C(=O)C1=CC=CCC1=S. The number of nitrogens with zero attached hydrogens (tertiary/aromatic N) is 1. The fourth-order valence-electron chi connectivity index (χ4n) is 1.48. The fourth-order valence-corrected chi connectivity index (χ4v) is 1.94. The number of rotatable bonds is 2. The van der Waals surface area contributed by atoms with Crippen LogP contribution >= 0.6 is 24.4 Å². The Kier molecular flexibility index (Phi) is 4.50. The van der Waals surface area contributed by atoms with Gasteiger partial charge in [0.1, 0.15) is 5.37 Å². The molecule has 6 heteroatoms. The molecule has 18 heavy (non-hydrogen) atoms. The van der Waals surface area contributed by atoms with Gasteiger partial charge in [-0.15, -0.1) is 4.48 Å². The number of carbonyl (C=O) groups excluding carboxylic acids is 3. The van der Waals surface area contributed by atoms with E-state index >= 15 is 0 Å². The molecule has 0 aromatic rings. The molecule has 0 aromatic carbocycles. The molecular formula is C12H12NO3S2+. The molecule has 0 bridgehead atoms. The summed E-state index contributed by atoms with van der Waals surface area (Å²) < 4.78 is -1.01. The molecule has 1 aliphatic rings. The van der Waals surface area contributed by atoms with Crippen molar-refractivity contribution in [2.75, 3.05) is 7.05 Å². The number of likely N-dealkylation sites (N-methyl/N-ethyl adjacent to an activating group) is 1. The molecule has 1 unspecified atom stereocenters. The smallest absolute Gasteiger partial charge is 0.230 e. The van der Waals surface area contributed by atoms with Crippen LogP contribution in [0.3, 0.4) is 0 Å². The summed E-state index contributed by atoms with van der Waals surface area (Å²) in [4.78, 5) is 36.1. The third-order valence-electron chi connectivity index (χ3n) is 2.81.